The molecule has 2 aliphatic heterocycles. The van der Waals surface area contributed by atoms with Crippen molar-refractivity contribution in [3.05, 3.63) is 0 Å². The molecule has 0 bridgehead atoms. The van der Waals surface area contributed by atoms with Gasteiger partial charge in [0.2, 0.25) is 0 Å². The van der Waals surface area contributed by atoms with E-state index in [4.69, 9.17) is 9.47 Å². The van der Waals surface area contributed by atoms with E-state index in [2.05, 4.69) is 32.6 Å². The average molecular weight is 213 g/mol. The van der Waals surface area contributed by atoms with Gasteiger partial charge in [0.25, 0.3) is 0 Å². The molecule has 2 rings (SSSR count). The van der Waals surface area contributed by atoms with Crippen LogP contribution in [-0.2, 0) is 9.47 Å². The van der Waals surface area contributed by atoms with Crippen LogP contribution in [0.25, 0.3) is 0 Å². The minimum atomic E-state index is -0.0911. The minimum Gasteiger partial charge on any atom is -0.376 e. The fourth-order valence-electron chi connectivity index (χ4n) is 2.80. The zero-order chi connectivity index (χ0) is 11.1. The largest absolute Gasteiger partial charge is 0.376 e. The van der Waals surface area contributed by atoms with E-state index in [9.17, 15) is 0 Å². The highest BCUT2D eigenvalue weighted by Gasteiger charge is 2.49. The fraction of sp³-hybridized carbons (Fsp3) is 1.00. The molecule has 88 valence electrons. The van der Waals surface area contributed by atoms with Crippen molar-refractivity contribution in [1.82, 2.24) is 4.90 Å². The van der Waals surface area contributed by atoms with E-state index < -0.39 is 0 Å². The Kier molecular flexibility index (Phi) is 3.06. The van der Waals surface area contributed by atoms with Gasteiger partial charge < -0.3 is 9.47 Å². The Morgan fingerprint density at radius 3 is 2.87 bits per heavy atom. The second kappa shape index (κ2) is 4.04. The fourth-order valence-corrected chi connectivity index (χ4v) is 2.80. The molecule has 2 aliphatic rings. The summed E-state index contributed by atoms with van der Waals surface area (Å²) in [5.41, 5.74) is -0.0911. The Balaban J connectivity index is 1.96. The van der Waals surface area contributed by atoms with Crippen LogP contribution in [0.4, 0.5) is 0 Å². The van der Waals surface area contributed by atoms with Crippen LogP contribution in [0.15, 0.2) is 0 Å². The first-order chi connectivity index (χ1) is 7.00. The molecule has 0 aromatic carbocycles. The highest BCUT2D eigenvalue weighted by Crippen LogP contribution is 2.38. The molecule has 3 nitrogen and oxygen atoms in total. The number of nitrogens with zero attached hydrogens (tertiary/aromatic N) is 1. The monoisotopic (exact) mass is 213 g/mol. The van der Waals surface area contributed by atoms with Crippen LogP contribution < -0.4 is 0 Å². The van der Waals surface area contributed by atoms with E-state index in [1.165, 1.54) is 19.4 Å². The first-order valence-corrected chi connectivity index (χ1v) is 6.07. The molecule has 0 amide bonds. The van der Waals surface area contributed by atoms with E-state index in [0.717, 1.165) is 6.61 Å². The van der Waals surface area contributed by atoms with E-state index in [0.29, 0.717) is 12.1 Å². The second-order valence-electron chi connectivity index (χ2n) is 5.39. The summed E-state index contributed by atoms with van der Waals surface area (Å²) < 4.78 is 11.7. The first kappa shape index (κ1) is 11.4. The van der Waals surface area contributed by atoms with Gasteiger partial charge in [-0.05, 0) is 40.5 Å². The molecule has 0 spiro atoms. The Hall–Kier alpha value is -0.120. The van der Waals surface area contributed by atoms with Gasteiger partial charge in [-0.25, -0.2) is 0 Å². The van der Waals surface area contributed by atoms with Crippen LogP contribution in [0.2, 0.25) is 0 Å². The van der Waals surface area contributed by atoms with Crippen molar-refractivity contribution in [2.75, 3.05) is 13.2 Å². The third-order valence-electron chi connectivity index (χ3n) is 3.45. The van der Waals surface area contributed by atoms with Gasteiger partial charge in [-0.2, -0.15) is 0 Å². The molecule has 0 aromatic heterocycles. The van der Waals surface area contributed by atoms with E-state index in [1.54, 1.807) is 0 Å². The predicted molar refractivity (Wildman–Crippen MR) is 59.8 cm³/mol. The summed E-state index contributed by atoms with van der Waals surface area (Å²) in [5.74, 6) is 0. The summed E-state index contributed by atoms with van der Waals surface area (Å²) in [6.07, 6.45) is 3.13. The minimum absolute atomic E-state index is 0.0911. The van der Waals surface area contributed by atoms with Crippen LogP contribution in [0.5, 0.6) is 0 Å². The van der Waals surface area contributed by atoms with Crippen molar-refractivity contribution in [2.24, 2.45) is 0 Å². The number of ether oxygens (including phenoxy) is 2. The van der Waals surface area contributed by atoms with Crippen molar-refractivity contribution in [2.45, 2.75) is 64.5 Å². The Morgan fingerprint density at radius 2 is 2.20 bits per heavy atom. The molecule has 0 aliphatic carbocycles. The molecule has 15 heavy (non-hydrogen) atoms. The average Bonchev–Trinajstić information content (AvgIpc) is 2.66. The lowest BCUT2D eigenvalue weighted by Crippen LogP contribution is -2.40. The lowest BCUT2D eigenvalue weighted by Gasteiger charge is -2.28. The number of hydrogen-bond acceptors (Lipinski definition) is 3. The molecule has 0 N–H and O–H groups in total. The smallest absolute Gasteiger partial charge is 0.116 e. The maximum Gasteiger partial charge on any atom is 0.116 e. The van der Waals surface area contributed by atoms with Crippen molar-refractivity contribution in [3.63, 3.8) is 0 Å². The van der Waals surface area contributed by atoms with Gasteiger partial charge >= 0.3 is 0 Å². The molecule has 2 unspecified atom stereocenters. The van der Waals surface area contributed by atoms with Crippen molar-refractivity contribution < 1.29 is 9.47 Å². The Labute approximate surface area is 92.7 Å². The summed E-state index contributed by atoms with van der Waals surface area (Å²) in [6.45, 7) is 10.4. The topological polar surface area (TPSA) is 21.7 Å². The third kappa shape index (κ3) is 2.19. The van der Waals surface area contributed by atoms with E-state index >= 15 is 0 Å². The number of fused-ring (bicyclic) bond motifs is 1. The third-order valence-corrected chi connectivity index (χ3v) is 3.45. The van der Waals surface area contributed by atoms with Crippen LogP contribution in [0, 0.1) is 0 Å². The molecule has 2 heterocycles. The lowest BCUT2D eigenvalue weighted by atomic mass is 10.1. The highest BCUT2D eigenvalue weighted by molar-refractivity contribution is 4.97. The maximum absolute atomic E-state index is 6.07. The van der Waals surface area contributed by atoms with Crippen LogP contribution in [-0.4, -0.2) is 42.0 Å². The Bertz CT molecular complexity index is 228. The summed E-state index contributed by atoms with van der Waals surface area (Å²) in [6, 6.07) is 0.582. The SMILES string of the molecule is CC(C)OCC1OC(C)(C)N2CCCC12. The van der Waals surface area contributed by atoms with Crippen molar-refractivity contribution >= 4 is 0 Å². The van der Waals surface area contributed by atoms with Crippen molar-refractivity contribution in [3.8, 4) is 0 Å². The molecule has 0 radical (unpaired) electrons. The highest BCUT2D eigenvalue weighted by atomic mass is 16.6. The molecular weight excluding hydrogens is 190 g/mol. The van der Waals surface area contributed by atoms with E-state index in [1.807, 2.05) is 0 Å². The summed E-state index contributed by atoms with van der Waals surface area (Å²) in [5, 5.41) is 0. The second-order valence-corrected chi connectivity index (χ2v) is 5.39. The van der Waals surface area contributed by atoms with Gasteiger partial charge in [-0.3, -0.25) is 4.90 Å². The lowest BCUT2D eigenvalue weighted by molar-refractivity contribution is -0.0978. The normalized spacial score (nSPS) is 35.0. The van der Waals surface area contributed by atoms with Crippen LogP contribution in [0.3, 0.4) is 0 Å². The van der Waals surface area contributed by atoms with Gasteiger partial charge in [-0.15, -0.1) is 0 Å². The van der Waals surface area contributed by atoms with Gasteiger partial charge in [0.1, 0.15) is 5.72 Å². The summed E-state index contributed by atoms with van der Waals surface area (Å²) in [4.78, 5) is 2.49. The zero-order valence-electron chi connectivity index (χ0n) is 10.3. The Morgan fingerprint density at radius 1 is 1.47 bits per heavy atom. The van der Waals surface area contributed by atoms with Gasteiger partial charge in [-0.1, -0.05) is 0 Å². The van der Waals surface area contributed by atoms with Crippen molar-refractivity contribution in [1.29, 1.82) is 0 Å². The molecule has 2 saturated heterocycles. The summed E-state index contributed by atoms with van der Waals surface area (Å²) in [7, 11) is 0. The number of hydrogen-bond donors (Lipinski definition) is 0. The van der Waals surface area contributed by atoms with Crippen LogP contribution in [0.1, 0.15) is 40.5 Å². The molecule has 2 atom stereocenters. The molecule has 3 heteroatoms. The van der Waals surface area contributed by atoms with Gasteiger partial charge in [0, 0.05) is 12.6 Å². The van der Waals surface area contributed by atoms with Gasteiger partial charge in [0.05, 0.1) is 18.8 Å². The summed E-state index contributed by atoms with van der Waals surface area (Å²) >= 11 is 0. The first-order valence-electron chi connectivity index (χ1n) is 6.07. The van der Waals surface area contributed by atoms with Gasteiger partial charge in [0.15, 0.2) is 0 Å². The van der Waals surface area contributed by atoms with E-state index in [-0.39, 0.29) is 11.8 Å². The van der Waals surface area contributed by atoms with Crippen LogP contribution >= 0.6 is 0 Å². The maximum atomic E-state index is 6.07. The molecule has 2 fully saturated rings. The molecule has 0 aromatic rings. The zero-order valence-corrected chi connectivity index (χ0v) is 10.3. The number of rotatable bonds is 3. The predicted octanol–water partition coefficient (Wildman–Crippen LogP) is 2.01. The quantitative estimate of drug-likeness (QED) is 0.716. The molecule has 0 saturated carbocycles. The molecular formula is C12H23NO2. The standard InChI is InChI=1S/C12H23NO2/c1-9(2)14-8-11-10-6-5-7-13(10)12(3,4)15-11/h9-11H,5-8H2,1-4H3.